The standard InChI is InChI=1S/C17H22N6O3/c1-11-9-12(20-26-11)16(25)22-7-5-17(6-8-22)4-3-14(17)23-10-13(19-21-23)15(24)18-2/h9-10,14H,3-8H2,1-2H3,(H,18,24). The first kappa shape index (κ1) is 16.7. The summed E-state index contributed by atoms with van der Waals surface area (Å²) in [4.78, 5) is 26.1. The maximum Gasteiger partial charge on any atom is 0.276 e. The van der Waals surface area contributed by atoms with Gasteiger partial charge < -0.3 is 14.7 Å². The number of hydrogen-bond donors (Lipinski definition) is 1. The second-order valence-corrected chi connectivity index (χ2v) is 7.19. The van der Waals surface area contributed by atoms with Crippen molar-refractivity contribution in [2.24, 2.45) is 5.41 Å². The molecule has 138 valence electrons. The van der Waals surface area contributed by atoms with Crippen LogP contribution in [0.3, 0.4) is 0 Å². The molecule has 2 aromatic heterocycles. The summed E-state index contributed by atoms with van der Waals surface area (Å²) < 4.78 is 6.83. The van der Waals surface area contributed by atoms with Gasteiger partial charge in [-0.2, -0.15) is 0 Å². The number of aromatic nitrogens is 4. The molecule has 1 N–H and O–H groups in total. The van der Waals surface area contributed by atoms with Crippen LogP contribution < -0.4 is 5.32 Å². The van der Waals surface area contributed by atoms with Gasteiger partial charge in [0.1, 0.15) is 5.76 Å². The zero-order valence-corrected chi connectivity index (χ0v) is 14.9. The number of carbonyl (C=O) groups excluding carboxylic acids is 2. The molecule has 1 aliphatic heterocycles. The Kier molecular flexibility index (Phi) is 4.01. The number of likely N-dealkylation sites (tertiary alicyclic amines) is 1. The zero-order valence-electron chi connectivity index (χ0n) is 14.9. The minimum absolute atomic E-state index is 0.0739. The normalized spacial score (nSPS) is 21.5. The lowest BCUT2D eigenvalue weighted by atomic mass is 9.59. The highest BCUT2D eigenvalue weighted by molar-refractivity contribution is 5.92. The van der Waals surface area contributed by atoms with E-state index in [1.165, 1.54) is 0 Å². The van der Waals surface area contributed by atoms with Gasteiger partial charge in [-0.3, -0.25) is 9.59 Å². The number of carbonyl (C=O) groups is 2. The summed E-state index contributed by atoms with van der Waals surface area (Å²) in [6.07, 6.45) is 5.68. The molecule has 2 aromatic rings. The van der Waals surface area contributed by atoms with E-state index < -0.39 is 0 Å². The van der Waals surface area contributed by atoms with E-state index in [0.717, 1.165) is 25.7 Å². The zero-order chi connectivity index (χ0) is 18.3. The van der Waals surface area contributed by atoms with Gasteiger partial charge in [0.25, 0.3) is 11.8 Å². The van der Waals surface area contributed by atoms with E-state index in [2.05, 4.69) is 20.8 Å². The molecule has 1 saturated carbocycles. The molecule has 0 bridgehead atoms. The van der Waals surface area contributed by atoms with Gasteiger partial charge in [0.2, 0.25) is 0 Å². The van der Waals surface area contributed by atoms with E-state index in [9.17, 15) is 9.59 Å². The molecule has 1 atom stereocenters. The number of hydrogen-bond acceptors (Lipinski definition) is 6. The van der Waals surface area contributed by atoms with Gasteiger partial charge >= 0.3 is 0 Å². The van der Waals surface area contributed by atoms with Crippen molar-refractivity contribution in [3.8, 4) is 0 Å². The van der Waals surface area contributed by atoms with Gasteiger partial charge in [-0.25, -0.2) is 4.68 Å². The molecular weight excluding hydrogens is 336 g/mol. The van der Waals surface area contributed by atoms with Crippen molar-refractivity contribution < 1.29 is 14.1 Å². The third kappa shape index (κ3) is 2.67. The predicted octanol–water partition coefficient (Wildman–Crippen LogP) is 1.19. The molecule has 1 saturated heterocycles. The lowest BCUT2D eigenvalue weighted by Crippen LogP contribution is -2.51. The van der Waals surface area contributed by atoms with Crippen LogP contribution in [-0.4, -0.2) is 57.0 Å². The van der Waals surface area contributed by atoms with Gasteiger partial charge in [0, 0.05) is 26.2 Å². The van der Waals surface area contributed by atoms with E-state index in [1.54, 1.807) is 26.2 Å². The molecule has 1 aliphatic carbocycles. The Morgan fingerprint density at radius 1 is 1.27 bits per heavy atom. The van der Waals surface area contributed by atoms with E-state index in [0.29, 0.717) is 30.2 Å². The van der Waals surface area contributed by atoms with Crippen LogP contribution >= 0.6 is 0 Å². The van der Waals surface area contributed by atoms with Crippen LogP contribution in [0.2, 0.25) is 0 Å². The minimum atomic E-state index is -0.229. The van der Waals surface area contributed by atoms with E-state index in [1.807, 2.05) is 9.58 Å². The topological polar surface area (TPSA) is 106 Å². The lowest BCUT2D eigenvalue weighted by Gasteiger charge is -2.53. The summed E-state index contributed by atoms with van der Waals surface area (Å²) in [5, 5.41) is 14.5. The first-order valence-corrected chi connectivity index (χ1v) is 8.89. The molecule has 0 radical (unpaired) electrons. The Balaban J connectivity index is 1.42. The largest absolute Gasteiger partial charge is 0.361 e. The Bertz CT molecular complexity index is 833. The monoisotopic (exact) mass is 358 g/mol. The molecule has 1 spiro atoms. The fraction of sp³-hybridized carbons (Fsp3) is 0.588. The van der Waals surface area contributed by atoms with Crippen molar-refractivity contribution in [1.29, 1.82) is 0 Å². The summed E-state index contributed by atoms with van der Waals surface area (Å²) in [5.74, 6) is 0.335. The third-order valence-electron chi connectivity index (χ3n) is 5.81. The second kappa shape index (κ2) is 6.22. The van der Waals surface area contributed by atoms with Crippen LogP contribution in [0, 0.1) is 12.3 Å². The van der Waals surface area contributed by atoms with Crippen molar-refractivity contribution in [2.45, 2.75) is 38.6 Å². The van der Waals surface area contributed by atoms with Gasteiger partial charge in [0.05, 0.1) is 12.2 Å². The summed E-state index contributed by atoms with van der Waals surface area (Å²) in [5.41, 5.74) is 0.836. The summed E-state index contributed by atoms with van der Waals surface area (Å²) in [7, 11) is 1.58. The fourth-order valence-corrected chi connectivity index (χ4v) is 4.12. The number of aryl methyl sites for hydroxylation is 1. The number of nitrogens with one attached hydrogen (secondary N) is 1. The first-order chi connectivity index (χ1) is 12.5. The second-order valence-electron chi connectivity index (χ2n) is 7.19. The lowest BCUT2D eigenvalue weighted by molar-refractivity contribution is -0.0270. The average molecular weight is 358 g/mol. The van der Waals surface area contributed by atoms with Crippen molar-refractivity contribution in [2.75, 3.05) is 20.1 Å². The number of nitrogens with zero attached hydrogens (tertiary/aromatic N) is 5. The Morgan fingerprint density at radius 3 is 2.62 bits per heavy atom. The highest BCUT2D eigenvalue weighted by atomic mass is 16.5. The molecule has 2 amide bonds. The molecule has 26 heavy (non-hydrogen) atoms. The Hall–Kier alpha value is -2.71. The maximum absolute atomic E-state index is 12.5. The van der Waals surface area contributed by atoms with Gasteiger partial charge in [-0.05, 0) is 38.0 Å². The average Bonchev–Trinajstić information content (AvgIpc) is 3.29. The molecule has 0 aromatic carbocycles. The first-order valence-electron chi connectivity index (χ1n) is 8.89. The minimum Gasteiger partial charge on any atom is -0.361 e. The molecule has 9 heteroatoms. The predicted molar refractivity (Wildman–Crippen MR) is 90.5 cm³/mol. The fourth-order valence-electron chi connectivity index (χ4n) is 4.12. The summed E-state index contributed by atoms with van der Waals surface area (Å²) in [6.45, 7) is 3.16. The van der Waals surface area contributed by atoms with Gasteiger partial charge in [0.15, 0.2) is 11.4 Å². The van der Waals surface area contributed by atoms with Crippen LogP contribution in [0.15, 0.2) is 16.8 Å². The van der Waals surface area contributed by atoms with Crippen LogP contribution in [0.5, 0.6) is 0 Å². The molecule has 4 rings (SSSR count). The number of amides is 2. The maximum atomic E-state index is 12.5. The molecule has 2 fully saturated rings. The van der Waals surface area contributed by atoms with Crippen LogP contribution in [0.1, 0.15) is 58.5 Å². The van der Waals surface area contributed by atoms with Crippen molar-refractivity contribution in [3.63, 3.8) is 0 Å². The SMILES string of the molecule is CNC(=O)c1cn(C2CCC23CCN(C(=O)c2cc(C)on2)CC3)nn1. The quantitative estimate of drug-likeness (QED) is 0.883. The van der Waals surface area contributed by atoms with Crippen LogP contribution in [-0.2, 0) is 0 Å². The van der Waals surface area contributed by atoms with Crippen molar-refractivity contribution >= 4 is 11.8 Å². The number of rotatable bonds is 3. The number of piperidine rings is 1. The Morgan fingerprint density at radius 2 is 2.04 bits per heavy atom. The molecular formula is C17H22N6O3. The van der Waals surface area contributed by atoms with Gasteiger partial charge in [-0.1, -0.05) is 10.4 Å². The van der Waals surface area contributed by atoms with Crippen molar-refractivity contribution in [1.82, 2.24) is 30.4 Å². The van der Waals surface area contributed by atoms with Gasteiger partial charge in [-0.15, -0.1) is 5.10 Å². The highest BCUT2D eigenvalue weighted by Crippen LogP contribution is 2.56. The van der Waals surface area contributed by atoms with Crippen LogP contribution in [0.4, 0.5) is 0 Å². The third-order valence-corrected chi connectivity index (χ3v) is 5.81. The molecule has 3 heterocycles. The highest BCUT2D eigenvalue weighted by Gasteiger charge is 2.50. The van der Waals surface area contributed by atoms with E-state index >= 15 is 0 Å². The van der Waals surface area contributed by atoms with Crippen LogP contribution in [0.25, 0.3) is 0 Å². The summed E-state index contributed by atoms with van der Waals surface area (Å²) in [6, 6.07) is 1.91. The summed E-state index contributed by atoms with van der Waals surface area (Å²) >= 11 is 0. The van der Waals surface area contributed by atoms with Crippen molar-refractivity contribution in [3.05, 3.63) is 29.4 Å². The van der Waals surface area contributed by atoms with E-state index in [4.69, 9.17) is 4.52 Å². The smallest absolute Gasteiger partial charge is 0.276 e. The Labute approximate surface area is 150 Å². The molecule has 1 unspecified atom stereocenters. The molecule has 9 nitrogen and oxygen atoms in total. The van der Waals surface area contributed by atoms with E-state index in [-0.39, 0.29) is 23.3 Å². The molecule has 2 aliphatic rings.